The van der Waals surface area contributed by atoms with Crippen molar-refractivity contribution in [3.63, 3.8) is 0 Å². The number of nitrogens with two attached hydrogens (primary N) is 1. The molecule has 3 nitrogen and oxygen atoms in total. The summed E-state index contributed by atoms with van der Waals surface area (Å²) in [6.45, 7) is 3.87. The van der Waals surface area contributed by atoms with Crippen molar-refractivity contribution >= 4 is 5.69 Å². The highest BCUT2D eigenvalue weighted by Gasteiger charge is 2.20. The van der Waals surface area contributed by atoms with E-state index in [9.17, 15) is 0 Å². The zero-order valence-corrected chi connectivity index (χ0v) is 8.42. The third-order valence-electron chi connectivity index (χ3n) is 2.53. The van der Waals surface area contributed by atoms with E-state index in [0.717, 1.165) is 31.0 Å². The van der Waals surface area contributed by atoms with Crippen LogP contribution in [-0.4, -0.2) is 13.2 Å². The summed E-state index contributed by atoms with van der Waals surface area (Å²) in [5, 5.41) is 3.44. The number of nitrogen functional groups attached to an aromatic ring is 1. The molecule has 0 fully saturated rings. The van der Waals surface area contributed by atoms with Crippen LogP contribution in [0.15, 0.2) is 18.2 Å². The molecule has 0 radical (unpaired) electrons. The summed E-state index contributed by atoms with van der Waals surface area (Å²) < 4.78 is 5.56. The molecule has 1 atom stereocenters. The Morgan fingerprint density at radius 3 is 3.21 bits per heavy atom. The smallest absolute Gasteiger partial charge is 0.126 e. The van der Waals surface area contributed by atoms with Crippen molar-refractivity contribution in [1.82, 2.24) is 5.32 Å². The Hall–Kier alpha value is -1.22. The normalized spacial score (nSPS) is 19.9. The van der Waals surface area contributed by atoms with Crippen LogP contribution in [0.3, 0.4) is 0 Å². The number of anilines is 1. The van der Waals surface area contributed by atoms with Gasteiger partial charge in [0.2, 0.25) is 0 Å². The second-order valence-electron chi connectivity index (χ2n) is 3.54. The molecule has 0 saturated carbocycles. The monoisotopic (exact) mass is 192 g/mol. The summed E-state index contributed by atoms with van der Waals surface area (Å²) >= 11 is 0. The molecule has 0 bridgehead atoms. The van der Waals surface area contributed by atoms with Crippen LogP contribution in [0, 0.1) is 0 Å². The minimum atomic E-state index is 0.421. The van der Waals surface area contributed by atoms with E-state index in [4.69, 9.17) is 10.5 Å². The molecule has 0 saturated heterocycles. The van der Waals surface area contributed by atoms with Gasteiger partial charge in [0.05, 0.1) is 6.61 Å². The standard InChI is InChI=1S/C11H16N2O/c1-2-13-10-5-6-14-11-7-8(12)3-4-9(10)11/h3-4,7,10,13H,2,5-6,12H2,1H3. The molecule has 1 unspecified atom stereocenters. The lowest BCUT2D eigenvalue weighted by molar-refractivity contribution is 0.254. The molecule has 3 heteroatoms. The summed E-state index contributed by atoms with van der Waals surface area (Å²) in [4.78, 5) is 0. The van der Waals surface area contributed by atoms with Gasteiger partial charge in [0, 0.05) is 29.8 Å². The van der Waals surface area contributed by atoms with Gasteiger partial charge in [0.1, 0.15) is 5.75 Å². The first-order valence-electron chi connectivity index (χ1n) is 5.07. The molecule has 14 heavy (non-hydrogen) atoms. The topological polar surface area (TPSA) is 47.3 Å². The van der Waals surface area contributed by atoms with E-state index < -0.39 is 0 Å². The lowest BCUT2D eigenvalue weighted by Gasteiger charge is -2.26. The Bertz CT molecular complexity index is 325. The summed E-state index contributed by atoms with van der Waals surface area (Å²) in [7, 11) is 0. The molecule has 2 rings (SSSR count). The summed E-state index contributed by atoms with van der Waals surface area (Å²) in [5.74, 6) is 0.933. The molecule has 1 aliphatic rings. The average molecular weight is 192 g/mol. The van der Waals surface area contributed by atoms with Crippen LogP contribution in [0.5, 0.6) is 5.75 Å². The molecule has 0 amide bonds. The van der Waals surface area contributed by atoms with Gasteiger partial charge in [0.25, 0.3) is 0 Å². The Morgan fingerprint density at radius 2 is 2.43 bits per heavy atom. The second kappa shape index (κ2) is 3.88. The molecular weight excluding hydrogens is 176 g/mol. The molecule has 1 aliphatic heterocycles. The third kappa shape index (κ3) is 1.68. The number of rotatable bonds is 2. The molecule has 3 N–H and O–H groups in total. The fourth-order valence-electron chi connectivity index (χ4n) is 1.86. The van der Waals surface area contributed by atoms with Gasteiger partial charge in [-0.3, -0.25) is 0 Å². The summed E-state index contributed by atoms with van der Waals surface area (Å²) in [6, 6.07) is 6.30. The number of fused-ring (bicyclic) bond motifs is 1. The molecule has 0 spiro atoms. The highest BCUT2D eigenvalue weighted by molar-refractivity contribution is 5.50. The van der Waals surface area contributed by atoms with Gasteiger partial charge in [-0.15, -0.1) is 0 Å². The third-order valence-corrected chi connectivity index (χ3v) is 2.53. The summed E-state index contributed by atoms with van der Waals surface area (Å²) in [5.41, 5.74) is 7.69. The number of ether oxygens (including phenoxy) is 1. The lowest BCUT2D eigenvalue weighted by atomic mass is 10.0. The first-order chi connectivity index (χ1) is 6.81. The molecule has 0 aliphatic carbocycles. The number of nitrogens with one attached hydrogen (secondary N) is 1. The minimum Gasteiger partial charge on any atom is -0.493 e. The van der Waals surface area contributed by atoms with Crippen LogP contribution in [0.2, 0.25) is 0 Å². The van der Waals surface area contributed by atoms with E-state index in [0.29, 0.717) is 6.04 Å². The SMILES string of the molecule is CCNC1CCOc2cc(N)ccc21. The van der Waals surface area contributed by atoms with Gasteiger partial charge < -0.3 is 15.8 Å². The highest BCUT2D eigenvalue weighted by atomic mass is 16.5. The van der Waals surface area contributed by atoms with Crippen LogP contribution in [0.25, 0.3) is 0 Å². The molecule has 1 aromatic rings. The predicted molar refractivity (Wildman–Crippen MR) is 57.4 cm³/mol. The Morgan fingerprint density at radius 1 is 1.57 bits per heavy atom. The predicted octanol–water partition coefficient (Wildman–Crippen LogP) is 1.70. The largest absolute Gasteiger partial charge is 0.493 e. The van der Waals surface area contributed by atoms with Crippen molar-refractivity contribution in [2.75, 3.05) is 18.9 Å². The van der Waals surface area contributed by atoms with E-state index in [2.05, 4.69) is 18.3 Å². The molecule has 76 valence electrons. The van der Waals surface area contributed by atoms with Crippen LogP contribution in [0.4, 0.5) is 5.69 Å². The average Bonchev–Trinajstić information content (AvgIpc) is 2.18. The van der Waals surface area contributed by atoms with Gasteiger partial charge in [0.15, 0.2) is 0 Å². The maximum Gasteiger partial charge on any atom is 0.126 e. The Kier molecular flexibility index (Phi) is 2.59. The lowest BCUT2D eigenvalue weighted by Crippen LogP contribution is -2.26. The number of hydrogen-bond acceptors (Lipinski definition) is 3. The van der Waals surface area contributed by atoms with Gasteiger partial charge in [-0.05, 0) is 12.6 Å². The van der Waals surface area contributed by atoms with Crippen LogP contribution >= 0.6 is 0 Å². The van der Waals surface area contributed by atoms with Gasteiger partial charge >= 0.3 is 0 Å². The number of benzene rings is 1. The molecule has 1 aromatic carbocycles. The van der Waals surface area contributed by atoms with E-state index in [-0.39, 0.29) is 0 Å². The zero-order chi connectivity index (χ0) is 9.97. The minimum absolute atomic E-state index is 0.421. The summed E-state index contributed by atoms with van der Waals surface area (Å²) in [6.07, 6.45) is 1.03. The van der Waals surface area contributed by atoms with E-state index in [1.54, 1.807) is 0 Å². The van der Waals surface area contributed by atoms with Gasteiger partial charge in [-0.2, -0.15) is 0 Å². The van der Waals surface area contributed by atoms with Crippen molar-refractivity contribution in [3.8, 4) is 5.75 Å². The van der Waals surface area contributed by atoms with E-state index >= 15 is 0 Å². The Balaban J connectivity index is 2.30. The molecule has 0 aromatic heterocycles. The van der Waals surface area contributed by atoms with Crippen molar-refractivity contribution < 1.29 is 4.74 Å². The number of hydrogen-bond donors (Lipinski definition) is 2. The molecule has 1 heterocycles. The van der Waals surface area contributed by atoms with Crippen molar-refractivity contribution in [2.45, 2.75) is 19.4 Å². The van der Waals surface area contributed by atoms with Crippen LogP contribution < -0.4 is 15.8 Å². The van der Waals surface area contributed by atoms with Crippen molar-refractivity contribution in [3.05, 3.63) is 23.8 Å². The zero-order valence-electron chi connectivity index (χ0n) is 8.42. The van der Waals surface area contributed by atoms with Gasteiger partial charge in [-0.1, -0.05) is 13.0 Å². The fraction of sp³-hybridized carbons (Fsp3) is 0.455. The van der Waals surface area contributed by atoms with Crippen LogP contribution in [0.1, 0.15) is 24.9 Å². The Labute approximate surface area is 84.3 Å². The van der Waals surface area contributed by atoms with E-state index in [1.807, 2.05) is 12.1 Å². The van der Waals surface area contributed by atoms with E-state index in [1.165, 1.54) is 5.56 Å². The van der Waals surface area contributed by atoms with Crippen LogP contribution in [-0.2, 0) is 0 Å². The second-order valence-corrected chi connectivity index (χ2v) is 3.54. The van der Waals surface area contributed by atoms with Crippen molar-refractivity contribution in [2.24, 2.45) is 0 Å². The fourth-order valence-corrected chi connectivity index (χ4v) is 1.86. The highest BCUT2D eigenvalue weighted by Crippen LogP contribution is 2.33. The molecular formula is C11H16N2O. The first kappa shape index (κ1) is 9.34. The first-order valence-corrected chi connectivity index (χ1v) is 5.07. The van der Waals surface area contributed by atoms with Gasteiger partial charge in [-0.25, -0.2) is 0 Å². The quantitative estimate of drug-likeness (QED) is 0.701. The van der Waals surface area contributed by atoms with Crippen molar-refractivity contribution in [1.29, 1.82) is 0 Å². The maximum atomic E-state index is 5.70. The maximum absolute atomic E-state index is 5.70.